The molecule has 4 rings (SSSR count). The Morgan fingerprint density at radius 1 is 1.17 bits per heavy atom. The van der Waals surface area contributed by atoms with Crippen LogP contribution in [0.25, 0.3) is 0 Å². The lowest BCUT2D eigenvalue weighted by molar-refractivity contribution is -0.148. The van der Waals surface area contributed by atoms with E-state index in [-0.39, 0.29) is 29.0 Å². The maximum Gasteiger partial charge on any atom is 0.302 e. The zero-order chi connectivity index (χ0) is 17.1. The molecule has 4 aliphatic carbocycles. The van der Waals surface area contributed by atoms with Crippen LogP contribution in [0.15, 0.2) is 11.6 Å². The third-order valence-corrected chi connectivity index (χ3v) is 8.34. The van der Waals surface area contributed by atoms with E-state index in [1.807, 2.05) is 0 Å². The van der Waals surface area contributed by atoms with Crippen LogP contribution in [0.5, 0.6) is 0 Å². The summed E-state index contributed by atoms with van der Waals surface area (Å²) in [7, 11) is 0. The number of aliphatic hydroxyl groups is 1. The molecular formula is C21H32O3. The van der Waals surface area contributed by atoms with Gasteiger partial charge in [0, 0.05) is 13.3 Å². The van der Waals surface area contributed by atoms with Gasteiger partial charge in [-0.15, -0.1) is 0 Å². The van der Waals surface area contributed by atoms with Gasteiger partial charge in [-0.1, -0.05) is 25.5 Å². The van der Waals surface area contributed by atoms with Crippen LogP contribution in [0.4, 0.5) is 0 Å². The minimum atomic E-state index is -0.147. The number of carbonyl (C=O) groups excluding carboxylic acids is 1. The highest BCUT2D eigenvalue weighted by molar-refractivity contribution is 5.66. The van der Waals surface area contributed by atoms with Gasteiger partial charge in [-0.05, 0) is 73.5 Å². The molecule has 0 spiro atoms. The SMILES string of the molecule is CC(=O)O[C@H]1CC[C@@]2(C)C(=CC[C@@H]3[C@H]2CC[C@]2(C)[C@@H](O)CC[C@@H]32)C1. The van der Waals surface area contributed by atoms with E-state index in [0.717, 1.165) is 43.9 Å². The lowest BCUT2D eigenvalue weighted by Gasteiger charge is -2.57. The Bertz CT molecular complexity index is 567. The Kier molecular flexibility index (Phi) is 3.87. The zero-order valence-corrected chi connectivity index (χ0v) is 15.4. The number of aliphatic hydroxyl groups excluding tert-OH is 1. The number of fused-ring (bicyclic) bond motifs is 5. The molecule has 3 nitrogen and oxygen atoms in total. The van der Waals surface area contributed by atoms with Crippen LogP contribution in [0.1, 0.15) is 72.1 Å². The van der Waals surface area contributed by atoms with Crippen molar-refractivity contribution in [2.24, 2.45) is 28.6 Å². The van der Waals surface area contributed by atoms with Crippen LogP contribution in [0.2, 0.25) is 0 Å². The molecule has 134 valence electrons. The predicted molar refractivity (Wildman–Crippen MR) is 93.3 cm³/mol. The Morgan fingerprint density at radius 2 is 1.96 bits per heavy atom. The summed E-state index contributed by atoms with van der Waals surface area (Å²) < 4.78 is 5.51. The highest BCUT2D eigenvalue weighted by Crippen LogP contribution is 2.64. The largest absolute Gasteiger partial charge is 0.462 e. The molecule has 24 heavy (non-hydrogen) atoms. The normalized spacial score (nSPS) is 50.3. The predicted octanol–water partition coefficient (Wildman–Crippen LogP) is 4.24. The number of esters is 1. The minimum absolute atomic E-state index is 0.0838. The first-order valence-corrected chi connectivity index (χ1v) is 9.89. The van der Waals surface area contributed by atoms with Gasteiger partial charge in [-0.3, -0.25) is 4.79 Å². The number of allylic oxidation sites excluding steroid dienone is 1. The van der Waals surface area contributed by atoms with E-state index < -0.39 is 0 Å². The molecule has 4 aliphatic rings. The molecule has 3 saturated carbocycles. The first-order valence-electron chi connectivity index (χ1n) is 9.89. The topological polar surface area (TPSA) is 46.5 Å². The average Bonchev–Trinajstić information content (AvgIpc) is 2.83. The van der Waals surface area contributed by atoms with E-state index >= 15 is 0 Å². The van der Waals surface area contributed by atoms with Gasteiger partial charge < -0.3 is 9.84 Å². The van der Waals surface area contributed by atoms with E-state index in [9.17, 15) is 9.90 Å². The lowest BCUT2D eigenvalue weighted by atomic mass is 9.48. The molecule has 0 aromatic carbocycles. The fraction of sp³-hybridized carbons (Fsp3) is 0.857. The summed E-state index contributed by atoms with van der Waals surface area (Å²) in [6.45, 7) is 6.32. The summed E-state index contributed by atoms with van der Waals surface area (Å²) >= 11 is 0. The monoisotopic (exact) mass is 332 g/mol. The van der Waals surface area contributed by atoms with Crippen LogP contribution in [-0.4, -0.2) is 23.3 Å². The maximum absolute atomic E-state index is 11.3. The van der Waals surface area contributed by atoms with Crippen molar-refractivity contribution in [3.8, 4) is 0 Å². The molecule has 0 aromatic heterocycles. The van der Waals surface area contributed by atoms with Crippen molar-refractivity contribution in [1.82, 2.24) is 0 Å². The smallest absolute Gasteiger partial charge is 0.302 e. The zero-order valence-electron chi connectivity index (χ0n) is 15.4. The summed E-state index contributed by atoms with van der Waals surface area (Å²) in [4.78, 5) is 11.3. The van der Waals surface area contributed by atoms with Crippen molar-refractivity contribution in [3.63, 3.8) is 0 Å². The van der Waals surface area contributed by atoms with Gasteiger partial charge >= 0.3 is 5.97 Å². The van der Waals surface area contributed by atoms with E-state index in [2.05, 4.69) is 19.9 Å². The molecule has 0 unspecified atom stereocenters. The van der Waals surface area contributed by atoms with Gasteiger partial charge in [0.2, 0.25) is 0 Å². The number of hydrogen-bond donors (Lipinski definition) is 1. The second kappa shape index (κ2) is 5.59. The summed E-state index contributed by atoms with van der Waals surface area (Å²) in [5.74, 6) is 2.03. The summed E-state index contributed by atoms with van der Waals surface area (Å²) in [6, 6.07) is 0. The molecule has 0 heterocycles. The average molecular weight is 332 g/mol. The summed E-state index contributed by atoms with van der Waals surface area (Å²) in [6.07, 6.45) is 11.3. The van der Waals surface area contributed by atoms with E-state index in [0.29, 0.717) is 5.92 Å². The summed E-state index contributed by atoms with van der Waals surface area (Å²) in [5.41, 5.74) is 1.98. The molecule has 1 N–H and O–H groups in total. The van der Waals surface area contributed by atoms with E-state index in [1.165, 1.54) is 26.2 Å². The van der Waals surface area contributed by atoms with Gasteiger partial charge in [-0.25, -0.2) is 0 Å². The Labute approximate surface area is 145 Å². The van der Waals surface area contributed by atoms with Crippen molar-refractivity contribution < 1.29 is 14.6 Å². The molecule has 0 aliphatic heterocycles. The molecule has 3 heteroatoms. The molecule has 0 saturated heterocycles. The number of ether oxygens (including phenoxy) is 1. The first-order chi connectivity index (χ1) is 11.3. The van der Waals surface area contributed by atoms with Crippen LogP contribution >= 0.6 is 0 Å². The maximum atomic E-state index is 11.3. The van der Waals surface area contributed by atoms with Crippen LogP contribution in [0, 0.1) is 28.6 Å². The fourth-order valence-corrected chi connectivity index (χ4v) is 6.94. The summed E-state index contributed by atoms with van der Waals surface area (Å²) in [5, 5.41) is 10.5. The van der Waals surface area contributed by atoms with Crippen molar-refractivity contribution >= 4 is 5.97 Å². The Morgan fingerprint density at radius 3 is 2.71 bits per heavy atom. The second-order valence-electron chi connectivity index (χ2n) is 9.37. The Balaban J connectivity index is 1.59. The van der Waals surface area contributed by atoms with Gasteiger partial charge in [0.15, 0.2) is 0 Å². The molecular weight excluding hydrogens is 300 g/mol. The van der Waals surface area contributed by atoms with Crippen molar-refractivity contribution in [2.75, 3.05) is 0 Å². The standard InChI is InChI=1S/C21H32O3/c1-13(22)24-15-8-10-20(2)14(12-15)4-5-16-17-6-7-19(23)21(17,3)11-9-18(16)20/h4,15-19,23H,5-12H2,1-3H3/t15-,16-,17-,18+,19-,20-,21-/m0/s1. The van der Waals surface area contributed by atoms with Crippen molar-refractivity contribution in [2.45, 2.75) is 84.3 Å². The van der Waals surface area contributed by atoms with Crippen LogP contribution in [-0.2, 0) is 9.53 Å². The van der Waals surface area contributed by atoms with Gasteiger partial charge in [0.25, 0.3) is 0 Å². The third-order valence-electron chi connectivity index (χ3n) is 8.34. The lowest BCUT2D eigenvalue weighted by Crippen LogP contribution is -2.51. The molecule has 0 aromatic rings. The van der Waals surface area contributed by atoms with Gasteiger partial charge in [0.1, 0.15) is 6.10 Å². The number of rotatable bonds is 1. The van der Waals surface area contributed by atoms with Gasteiger partial charge in [-0.2, -0.15) is 0 Å². The van der Waals surface area contributed by atoms with E-state index in [4.69, 9.17) is 4.74 Å². The molecule has 0 amide bonds. The van der Waals surface area contributed by atoms with Gasteiger partial charge in [0.05, 0.1) is 6.10 Å². The molecule has 7 atom stereocenters. The quantitative estimate of drug-likeness (QED) is 0.577. The van der Waals surface area contributed by atoms with Crippen LogP contribution < -0.4 is 0 Å². The van der Waals surface area contributed by atoms with Crippen molar-refractivity contribution in [1.29, 1.82) is 0 Å². The molecule has 3 fully saturated rings. The fourth-order valence-electron chi connectivity index (χ4n) is 6.94. The Hall–Kier alpha value is -0.830. The van der Waals surface area contributed by atoms with Crippen molar-refractivity contribution in [3.05, 3.63) is 11.6 Å². The molecule has 0 bridgehead atoms. The van der Waals surface area contributed by atoms with Crippen LogP contribution in [0.3, 0.4) is 0 Å². The number of carbonyl (C=O) groups is 1. The molecule has 0 radical (unpaired) electrons. The minimum Gasteiger partial charge on any atom is -0.462 e. The highest BCUT2D eigenvalue weighted by Gasteiger charge is 2.58. The first kappa shape index (κ1) is 16.6. The van der Waals surface area contributed by atoms with E-state index in [1.54, 1.807) is 5.57 Å². The highest BCUT2D eigenvalue weighted by atomic mass is 16.5. The third kappa shape index (κ3) is 2.30. The number of hydrogen-bond acceptors (Lipinski definition) is 3. The second-order valence-corrected chi connectivity index (χ2v) is 9.37.